The van der Waals surface area contributed by atoms with E-state index in [0.717, 1.165) is 75.2 Å². The van der Waals surface area contributed by atoms with Crippen LogP contribution in [0.5, 0.6) is 0 Å². The number of benzene rings is 6. The maximum absolute atomic E-state index is 10.6. The zero-order valence-corrected chi connectivity index (χ0v) is 32.7. The van der Waals surface area contributed by atoms with Crippen LogP contribution in [0.15, 0.2) is 182 Å². The summed E-state index contributed by atoms with van der Waals surface area (Å²) in [6.45, 7) is 4.54. The van der Waals surface area contributed by atoms with E-state index in [4.69, 9.17) is 9.97 Å². The molecule has 0 bridgehead atoms. The summed E-state index contributed by atoms with van der Waals surface area (Å²) in [4.78, 5) is 10.2. The van der Waals surface area contributed by atoms with Gasteiger partial charge in [0.15, 0.2) is 0 Å². The molecule has 0 fully saturated rings. The molecular formula is C54H42N4. The number of rotatable bonds is 11. The van der Waals surface area contributed by atoms with Gasteiger partial charge in [0.25, 0.3) is 0 Å². The number of hydrogen-bond donors (Lipinski definition) is 0. The van der Waals surface area contributed by atoms with Crippen molar-refractivity contribution in [3.63, 3.8) is 0 Å². The summed E-state index contributed by atoms with van der Waals surface area (Å²) in [6, 6.07) is 66.7. The van der Waals surface area contributed by atoms with Gasteiger partial charge in [-0.1, -0.05) is 197 Å². The van der Waals surface area contributed by atoms with Crippen LogP contribution in [0.4, 0.5) is 0 Å². The fraction of sp³-hybridized carbons (Fsp3) is 0.111. The fourth-order valence-corrected chi connectivity index (χ4v) is 7.92. The highest BCUT2D eigenvalue weighted by Crippen LogP contribution is 2.41. The first-order chi connectivity index (χ1) is 28.5. The van der Waals surface area contributed by atoms with Gasteiger partial charge in [-0.25, -0.2) is 9.97 Å². The summed E-state index contributed by atoms with van der Waals surface area (Å²) in [5.74, 6) is 0. The normalized spacial score (nSPS) is 11.1. The second kappa shape index (κ2) is 16.8. The molecule has 0 aliphatic rings. The number of unbranched alkanes of at least 4 members (excludes halogenated alkanes) is 1. The molecular weight excluding hydrogens is 705 g/mol. The van der Waals surface area contributed by atoms with Crippen molar-refractivity contribution in [2.75, 3.05) is 0 Å². The monoisotopic (exact) mass is 746 g/mol. The van der Waals surface area contributed by atoms with Gasteiger partial charge in [-0.3, -0.25) is 0 Å². The van der Waals surface area contributed by atoms with Gasteiger partial charge in [0.1, 0.15) is 12.1 Å². The van der Waals surface area contributed by atoms with Crippen molar-refractivity contribution in [3.05, 3.63) is 204 Å². The number of pyridine rings is 2. The molecule has 0 N–H and O–H groups in total. The van der Waals surface area contributed by atoms with Gasteiger partial charge in [-0.05, 0) is 40.8 Å². The van der Waals surface area contributed by atoms with Crippen molar-refractivity contribution in [2.45, 2.75) is 38.5 Å². The van der Waals surface area contributed by atoms with E-state index >= 15 is 0 Å². The van der Waals surface area contributed by atoms with Crippen LogP contribution in [0.2, 0.25) is 0 Å². The molecule has 0 saturated carbocycles. The summed E-state index contributed by atoms with van der Waals surface area (Å²) >= 11 is 0. The van der Waals surface area contributed by atoms with E-state index in [9.17, 15) is 10.5 Å². The maximum Gasteiger partial charge on any atom is 0.102 e. The molecule has 2 heterocycles. The van der Waals surface area contributed by atoms with Crippen LogP contribution >= 0.6 is 0 Å². The zero-order valence-electron chi connectivity index (χ0n) is 32.7. The van der Waals surface area contributed by atoms with E-state index in [-0.39, 0.29) is 5.41 Å². The standard InChI is InChI=1S/C54H42N4/c1-3-4-33-54(2,44-29-25-42(26-30-44)52-48(36-55)46(38-17-9-5-10-18-38)34-50(57-52)40-21-13-7-14-22-40)45-31-27-43(28-32-45)53-49(37-56)47(39-19-11-6-12-20-39)35-51(58-53)41-23-15-8-16-24-41/h5-32,34-35H,3-4,33H2,1-2H3. The third kappa shape index (κ3) is 7.45. The lowest BCUT2D eigenvalue weighted by Crippen LogP contribution is -2.23. The maximum atomic E-state index is 10.6. The minimum Gasteiger partial charge on any atom is -0.246 e. The van der Waals surface area contributed by atoms with Crippen molar-refractivity contribution < 1.29 is 0 Å². The lowest BCUT2D eigenvalue weighted by Gasteiger charge is -2.31. The Labute approximate surface area is 341 Å². The molecule has 0 saturated heterocycles. The number of hydrogen-bond acceptors (Lipinski definition) is 4. The van der Waals surface area contributed by atoms with E-state index in [2.05, 4.69) is 98.8 Å². The fourth-order valence-electron chi connectivity index (χ4n) is 7.92. The molecule has 0 atom stereocenters. The van der Waals surface area contributed by atoms with Crippen LogP contribution < -0.4 is 0 Å². The summed E-state index contributed by atoms with van der Waals surface area (Å²) in [7, 11) is 0. The van der Waals surface area contributed by atoms with Gasteiger partial charge in [0.05, 0.1) is 33.9 Å². The SMILES string of the molecule is CCCCC(C)(c1ccc(-c2nc(-c3ccccc3)cc(-c3ccccc3)c2C#N)cc1)c1ccc(-c2nc(-c3ccccc3)cc(-c3ccccc3)c2C#N)cc1. The number of nitriles is 2. The van der Waals surface area contributed by atoms with Gasteiger partial charge >= 0.3 is 0 Å². The predicted octanol–water partition coefficient (Wildman–Crippen LogP) is 13.7. The molecule has 4 nitrogen and oxygen atoms in total. The molecule has 8 aromatic rings. The topological polar surface area (TPSA) is 73.4 Å². The molecule has 0 aliphatic heterocycles. The van der Waals surface area contributed by atoms with E-state index in [1.807, 2.05) is 109 Å². The molecule has 8 rings (SSSR count). The van der Waals surface area contributed by atoms with Gasteiger partial charge in [-0.2, -0.15) is 10.5 Å². The van der Waals surface area contributed by atoms with Gasteiger partial charge in [0, 0.05) is 38.8 Å². The first-order valence-electron chi connectivity index (χ1n) is 19.8. The first kappa shape index (κ1) is 37.5. The van der Waals surface area contributed by atoms with E-state index in [1.165, 1.54) is 11.1 Å². The number of nitrogens with zero attached hydrogens (tertiary/aromatic N) is 4. The Morgan fingerprint density at radius 3 is 1.12 bits per heavy atom. The second-order valence-corrected chi connectivity index (χ2v) is 14.8. The van der Waals surface area contributed by atoms with Crippen molar-refractivity contribution in [1.29, 1.82) is 10.5 Å². The van der Waals surface area contributed by atoms with Crippen molar-refractivity contribution in [2.24, 2.45) is 0 Å². The highest BCUT2D eigenvalue weighted by molar-refractivity contribution is 5.85. The van der Waals surface area contributed by atoms with Crippen LogP contribution in [0.25, 0.3) is 67.3 Å². The molecule has 0 aliphatic carbocycles. The van der Waals surface area contributed by atoms with Gasteiger partial charge in [0.2, 0.25) is 0 Å². The van der Waals surface area contributed by atoms with Crippen LogP contribution in [-0.2, 0) is 5.41 Å². The summed E-state index contributed by atoms with van der Waals surface area (Å²) in [6.07, 6.45) is 3.08. The van der Waals surface area contributed by atoms with Crippen LogP contribution in [0.3, 0.4) is 0 Å². The number of aromatic nitrogens is 2. The predicted molar refractivity (Wildman–Crippen MR) is 236 cm³/mol. The molecule has 0 spiro atoms. The highest BCUT2D eigenvalue weighted by atomic mass is 14.7. The molecule has 2 aromatic heterocycles. The Balaban J connectivity index is 1.20. The third-order valence-corrected chi connectivity index (χ3v) is 11.2. The lowest BCUT2D eigenvalue weighted by atomic mass is 9.72. The Morgan fingerprint density at radius 2 is 0.793 bits per heavy atom. The zero-order chi connectivity index (χ0) is 39.9. The minimum absolute atomic E-state index is 0.299. The van der Waals surface area contributed by atoms with Gasteiger partial charge in [-0.15, -0.1) is 0 Å². The Kier molecular flexibility index (Phi) is 10.8. The smallest absolute Gasteiger partial charge is 0.102 e. The van der Waals surface area contributed by atoms with Crippen molar-refractivity contribution in [1.82, 2.24) is 9.97 Å². The summed E-state index contributed by atoms with van der Waals surface area (Å²) in [5.41, 5.74) is 13.6. The molecule has 58 heavy (non-hydrogen) atoms. The van der Waals surface area contributed by atoms with E-state index in [1.54, 1.807) is 0 Å². The van der Waals surface area contributed by atoms with Crippen LogP contribution in [0, 0.1) is 22.7 Å². The van der Waals surface area contributed by atoms with Crippen molar-refractivity contribution in [3.8, 4) is 79.4 Å². The van der Waals surface area contributed by atoms with E-state index in [0.29, 0.717) is 22.5 Å². The Morgan fingerprint density at radius 1 is 0.448 bits per heavy atom. The molecule has 0 radical (unpaired) electrons. The molecule has 0 amide bonds. The Hall–Kier alpha value is -7.40. The summed E-state index contributed by atoms with van der Waals surface area (Å²) < 4.78 is 0. The van der Waals surface area contributed by atoms with Crippen LogP contribution in [0.1, 0.15) is 55.4 Å². The molecule has 6 aromatic carbocycles. The lowest BCUT2D eigenvalue weighted by molar-refractivity contribution is 0.493. The quantitative estimate of drug-likeness (QED) is 0.132. The average Bonchev–Trinajstić information content (AvgIpc) is 3.31. The summed E-state index contributed by atoms with van der Waals surface area (Å²) in [5, 5.41) is 21.2. The first-order valence-corrected chi connectivity index (χ1v) is 19.8. The van der Waals surface area contributed by atoms with Gasteiger partial charge < -0.3 is 0 Å². The van der Waals surface area contributed by atoms with E-state index < -0.39 is 0 Å². The largest absolute Gasteiger partial charge is 0.246 e. The molecule has 278 valence electrons. The molecule has 0 unspecified atom stereocenters. The second-order valence-electron chi connectivity index (χ2n) is 14.8. The van der Waals surface area contributed by atoms with Crippen molar-refractivity contribution >= 4 is 0 Å². The highest BCUT2D eigenvalue weighted by Gasteiger charge is 2.29. The minimum atomic E-state index is -0.299. The van der Waals surface area contributed by atoms with Crippen LogP contribution in [-0.4, -0.2) is 9.97 Å². The molecule has 4 heteroatoms. The Bertz CT molecular complexity index is 2560. The average molecular weight is 747 g/mol. The third-order valence-electron chi connectivity index (χ3n) is 11.2.